The minimum absolute atomic E-state index is 0.276. The van der Waals surface area contributed by atoms with Crippen LogP contribution in [-0.4, -0.2) is 15.5 Å². The lowest BCUT2D eigenvalue weighted by Crippen LogP contribution is -2.13. The van der Waals surface area contributed by atoms with Crippen LogP contribution in [0.5, 0.6) is 0 Å². The lowest BCUT2D eigenvalue weighted by atomic mass is 10.1. The molecule has 2 aromatic heterocycles. The molecule has 0 saturated heterocycles. The number of carbonyl (C=O) groups is 1. The quantitative estimate of drug-likeness (QED) is 0.799. The van der Waals surface area contributed by atoms with Gasteiger partial charge in [-0.1, -0.05) is 6.07 Å². The third kappa shape index (κ3) is 2.59. The van der Waals surface area contributed by atoms with Crippen LogP contribution in [0.2, 0.25) is 0 Å². The number of aryl methyl sites for hydroxylation is 1. The van der Waals surface area contributed by atoms with Crippen LogP contribution in [0, 0.1) is 5.82 Å². The first kappa shape index (κ1) is 13.9. The van der Waals surface area contributed by atoms with Crippen LogP contribution in [0.3, 0.4) is 0 Å². The van der Waals surface area contributed by atoms with Crippen molar-refractivity contribution in [3.63, 3.8) is 0 Å². The average molecular weight is 309 g/mol. The van der Waals surface area contributed by atoms with Crippen molar-refractivity contribution in [2.75, 3.05) is 5.32 Å². The van der Waals surface area contributed by atoms with Gasteiger partial charge in [0.05, 0.1) is 5.56 Å². The van der Waals surface area contributed by atoms with Crippen LogP contribution in [0.25, 0.3) is 10.9 Å². The number of halogens is 1. The zero-order chi connectivity index (χ0) is 16.0. The largest absolute Gasteiger partial charge is 0.350 e. The first-order valence-corrected chi connectivity index (χ1v) is 7.65. The number of hydrogen-bond acceptors (Lipinski definition) is 2. The molecular weight excluding hydrogens is 293 g/mol. The second-order valence-corrected chi connectivity index (χ2v) is 5.99. The summed E-state index contributed by atoms with van der Waals surface area (Å²) in [6.45, 7) is 0. The Morgan fingerprint density at radius 2 is 2.13 bits per heavy atom. The van der Waals surface area contributed by atoms with Gasteiger partial charge in [0.2, 0.25) is 0 Å². The molecule has 2 heterocycles. The monoisotopic (exact) mass is 309 g/mol. The Bertz CT molecular complexity index is 912. The molecule has 23 heavy (non-hydrogen) atoms. The van der Waals surface area contributed by atoms with Crippen molar-refractivity contribution in [1.82, 2.24) is 9.55 Å². The fourth-order valence-corrected chi connectivity index (χ4v) is 2.86. The molecule has 3 aromatic rings. The Morgan fingerprint density at radius 3 is 2.91 bits per heavy atom. The van der Waals surface area contributed by atoms with Gasteiger partial charge >= 0.3 is 0 Å². The molecule has 4 rings (SSSR count). The summed E-state index contributed by atoms with van der Waals surface area (Å²) in [6.07, 6.45) is 4.03. The summed E-state index contributed by atoms with van der Waals surface area (Å²) in [7, 11) is 1.84. The van der Waals surface area contributed by atoms with Crippen LogP contribution in [0.1, 0.15) is 34.8 Å². The highest BCUT2D eigenvalue weighted by atomic mass is 19.1. The van der Waals surface area contributed by atoms with Crippen molar-refractivity contribution in [3.05, 3.63) is 59.7 Å². The Morgan fingerprint density at radius 1 is 1.30 bits per heavy atom. The lowest BCUT2D eigenvalue weighted by molar-refractivity contribution is 0.102. The third-order valence-electron chi connectivity index (χ3n) is 4.20. The maximum absolute atomic E-state index is 13.5. The number of carbonyl (C=O) groups excluding carboxylic acids is 1. The molecule has 1 aromatic carbocycles. The minimum Gasteiger partial charge on any atom is -0.350 e. The van der Waals surface area contributed by atoms with E-state index < -0.39 is 0 Å². The molecule has 0 unspecified atom stereocenters. The number of aromatic nitrogens is 2. The Balaban J connectivity index is 1.67. The number of nitrogens with zero attached hydrogens (tertiary/aromatic N) is 2. The van der Waals surface area contributed by atoms with Gasteiger partial charge in [0.25, 0.3) is 5.91 Å². The molecule has 1 amide bonds. The molecule has 0 spiro atoms. The number of amides is 1. The molecule has 116 valence electrons. The van der Waals surface area contributed by atoms with Crippen molar-refractivity contribution >= 4 is 22.6 Å². The fourth-order valence-electron chi connectivity index (χ4n) is 2.86. The summed E-state index contributed by atoms with van der Waals surface area (Å²) in [5, 5.41) is 3.42. The zero-order valence-corrected chi connectivity index (χ0v) is 12.7. The highest BCUT2D eigenvalue weighted by Gasteiger charge is 2.25. The van der Waals surface area contributed by atoms with E-state index in [0.717, 1.165) is 24.1 Å². The van der Waals surface area contributed by atoms with Crippen LogP contribution in [-0.2, 0) is 7.05 Å². The molecule has 0 atom stereocenters. The summed E-state index contributed by atoms with van der Waals surface area (Å²) in [5.74, 6) is 0.430. The Hall–Kier alpha value is -2.69. The van der Waals surface area contributed by atoms with Crippen LogP contribution in [0.15, 0.2) is 42.6 Å². The van der Waals surface area contributed by atoms with Crippen LogP contribution in [0.4, 0.5) is 10.2 Å². The standard InChI is InChI=1S/C18H16FN3O/c1-22-10-14(13-9-12(19)7-8-16(13)22)18(23)21-17-4-2-3-15(20-17)11-5-6-11/h2-4,7-11H,5-6H2,1H3,(H,20,21,23). The fraction of sp³-hybridized carbons (Fsp3) is 0.222. The van der Waals surface area contributed by atoms with Crippen LogP contribution >= 0.6 is 0 Å². The van der Waals surface area contributed by atoms with Crippen molar-refractivity contribution in [2.45, 2.75) is 18.8 Å². The van der Waals surface area contributed by atoms with Crippen molar-refractivity contribution in [3.8, 4) is 0 Å². The predicted octanol–water partition coefficient (Wildman–Crippen LogP) is 3.84. The van der Waals surface area contributed by atoms with Gasteiger partial charge in [-0.3, -0.25) is 4.79 Å². The van der Waals surface area contributed by atoms with Gasteiger partial charge in [0.1, 0.15) is 11.6 Å². The number of pyridine rings is 1. The van der Waals surface area contributed by atoms with Gasteiger partial charge in [-0.05, 0) is 43.2 Å². The number of nitrogens with one attached hydrogen (secondary N) is 1. The summed E-state index contributed by atoms with van der Waals surface area (Å²) < 4.78 is 15.3. The maximum atomic E-state index is 13.5. The smallest absolute Gasteiger partial charge is 0.258 e. The number of hydrogen-bond donors (Lipinski definition) is 1. The lowest BCUT2D eigenvalue weighted by Gasteiger charge is -2.05. The molecule has 5 heteroatoms. The number of benzene rings is 1. The van der Waals surface area contributed by atoms with Gasteiger partial charge in [-0.2, -0.15) is 0 Å². The molecular formula is C18H16FN3O. The zero-order valence-electron chi connectivity index (χ0n) is 12.7. The highest BCUT2D eigenvalue weighted by Crippen LogP contribution is 2.39. The molecule has 0 bridgehead atoms. The predicted molar refractivity (Wildman–Crippen MR) is 87.0 cm³/mol. The van der Waals surface area contributed by atoms with E-state index in [0.29, 0.717) is 22.7 Å². The Kier molecular flexibility index (Phi) is 3.15. The molecule has 1 aliphatic rings. The minimum atomic E-state index is -0.355. The van der Waals surface area contributed by atoms with Gasteiger partial charge in [0, 0.05) is 35.8 Å². The van der Waals surface area contributed by atoms with E-state index in [1.54, 1.807) is 18.3 Å². The van der Waals surface area contributed by atoms with Crippen molar-refractivity contribution in [2.24, 2.45) is 7.05 Å². The molecule has 0 radical (unpaired) electrons. The molecule has 4 nitrogen and oxygen atoms in total. The average Bonchev–Trinajstić information content (AvgIpc) is 3.33. The molecule has 1 fully saturated rings. The van der Waals surface area contributed by atoms with Gasteiger partial charge in [0.15, 0.2) is 0 Å². The van der Waals surface area contributed by atoms with Crippen LogP contribution < -0.4 is 5.32 Å². The summed E-state index contributed by atoms with van der Waals surface area (Å²) in [5.41, 5.74) is 2.28. The highest BCUT2D eigenvalue weighted by molar-refractivity contribution is 6.12. The second kappa shape index (κ2) is 5.19. The van der Waals surface area contributed by atoms with E-state index >= 15 is 0 Å². The number of fused-ring (bicyclic) bond motifs is 1. The van der Waals surface area contributed by atoms with Gasteiger partial charge in [-0.25, -0.2) is 9.37 Å². The van der Waals surface area contributed by atoms with E-state index in [2.05, 4.69) is 10.3 Å². The van der Waals surface area contributed by atoms with E-state index in [9.17, 15) is 9.18 Å². The summed E-state index contributed by atoms with van der Waals surface area (Å²) in [4.78, 5) is 17.1. The summed E-state index contributed by atoms with van der Waals surface area (Å²) >= 11 is 0. The molecule has 0 aliphatic heterocycles. The van der Waals surface area contributed by atoms with Crippen molar-refractivity contribution in [1.29, 1.82) is 0 Å². The SMILES string of the molecule is Cn1cc(C(=O)Nc2cccc(C3CC3)n2)c2cc(F)ccc21. The first-order chi connectivity index (χ1) is 11.1. The second-order valence-electron chi connectivity index (χ2n) is 5.99. The molecule has 1 N–H and O–H groups in total. The van der Waals surface area contributed by atoms with Gasteiger partial charge in [-0.15, -0.1) is 0 Å². The van der Waals surface area contributed by atoms with Gasteiger partial charge < -0.3 is 9.88 Å². The molecule has 1 saturated carbocycles. The van der Waals surface area contributed by atoms with E-state index in [-0.39, 0.29) is 11.7 Å². The topological polar surface area (TPSA) is 46.9 Å². The number of anilines is 1. The number of rotatable bonds is 3. The molecule has 1 aliphatic carbocycles. The summed E-state index contributed by atoms with van der Waals surface area (Å²) in [6, 6.07) is 10.1. The third-order valence-corrected chi connectivity index (χ3v) is 4.20. The van der Waals surface area contributed by atoms with E-state index in [1.807, 2.05) is 23.7 Å². The van der Waals surface area contributed by atoms with Crippen molar-refractivity contribution < 1.29 is 9.18 Å². The normalized spacial score (nSPS) is 14.2. The van der Waals surface area contributed by atoms with E-state index in [4.69, 9.17) is 0 Å². The van der Waals surface area contributed by atoms with E-state index in [1.165, 1.54) is 12.1 Å². The Labute approximate surface area is 133 Å². The maximum Gasteiger partial charge on any atom is 0.258 e. The first-order valence-electron chi connectivity index (χ1n) is 7.65.